The predicted octanol–water partition coefficient (Wildman–Crippen LogP) is 3.13. The second-order valence-electron chi connectivity index (χ2n) is 6.09. The van der Waals surface area contributed by atoms with Gasteiger partial charge in [-0.15, -0.1) is 11.3 Å². The number of urea groups is 1. The van der Waals surface area contributed by atoms with E-state index >= 15 is 0 Å². The van der Waals surface area contributed by atoms with E-state index in [1.165, 1.54) is 11.3 Å². The Bertz CT molecular complexity index is 717. The van der Waals surface area contributed by atoms with Crippen molar-refractivity contribution in [3.8, 4) is 5.75 Å². The Hall–Kier alpha value is -2.12. The lowest BCUT2D eigenvalue weighted by Gasteiger charge is -2.33. The summed E-state index contributed by atoms with van der Waals surface area (Å²) in [6.07, 6.45) is 0. The number of benzene rings is 1. The van der Waals surface area contributed by atoms with Crippen molar-refractivity contribution in [1.29, 1.82) is 0 Å². The largest absolute Gasteiger partial charge is 0.493 e. The molecule has 0 saturated heterocycles. The van der Waals surface area contributed by atoms with Crippen molar-refractivity contribution in [2.45, 2.75) is 25.8 Å². The molecule has 1 aliphatic heterocycles. The number of fused-ring (bicyclic) bond motifs is 1. The van der Waals surface area contributed by atoms with Crippen LogP contribution >= 0.6 is 11.3 Å². The normalized spacial score (nSPS) is 19.5. The minimum Gasteiger partial charge on any atom is -0.493 e. The van der Waals surface area contributed by atoms with E-state index in [2.05, 4.69) is 15.6 Å². The molecule has 0 fully saturated rings. The number of carbonyl (C=O) groups is 1. The van der Waals surface area contributed by atoms with Crippen molar-refractivity contribution in [3.05, 3.63) is 41.0 Å². The third kappa shape index (κ3) is 3.37. The Morgan fingerprint density at radius 3 is 3.00 bits per heavy atom. The van der Waals surface area contributed by atoms with Crippen LogP contribution in [0.4, 0.5) is 9.80 Å². The van der Waals surface area contributed by atoms with E-state index in [9.17, 15) is 9.90 Å². The van der Waals surface area contributed by atoms with Crippen LogP contribution in [0, 0.1) is 5.92 Å². The zero-order chi connectivity index (χ0) is 17.1. The van der Waals surface area contributed by atoms with Gasteiger partial charge in [0.2, 0.25) is 0 Å². The molecule has 128 valence electrons. The molecule has 2 aromatic rings. The Kier molecular flexibility index (Phi) is 5.01. The lowest BCUT2D eigenvalue weighted by atomic mass is 9.91. The first-order valence-corrected chi connectivity index (χ1v) is 8.81. The molecule has 0 bridgehead atoms. The summed E-state index contributed by atoms with van der Waals surface area (Å²) in [4.78, 5) is 16.8. The van der Waals surface area contributed by atoms with Crippen LogP contribution in [0.3, 0.4) is 0 Å². The van der Waals surface area contributed by atoms with Crippen LogP contribution in [0.5, 0.6) is 5.75 Å². The number of rotatable bonds is 4. The number of ether oxygens (including phenoxy) is 1. The lowest BCUT2D eigenvalue weighted by molar-refractivity contribution is 0.114. The molecule has 6 nitrogen and oxygen atoms in total. The molecular formula is C17H21N3O3S. The molecule has 1 aromatic carbocycles. The maximum Gasteiger partial charge on any atom is 0.320 e. The van der Waals surface area contributed by atoms with Crippen LogP contribution < -0.4 is 15.4 Å². The third-order valence-electron chi connectivity index (χ3n) is 4.07. The summed E-state index contributed by atoms with van der Waals surface area (Å²) in [5.41, 5.74) is 3.48. The molecule has 7 heteroatoms. The van der Waals surface area contributed by atoms with E-state index in [1.807, 2.05) is 38.1 Å². The highest BCUT2D eigenvalue weighted by atomic mass is 32.1. The van der Waals surface area contributed by atoms with Gasteiger partial charge in [0.05, 0.1) is 30.5 Å². The number of para-hydroxylation sites is 1. The molecule has 3 N–H and O–H groups in total. The number of aliphatic hydroxyl groups excluding tert-OH is 1. The number of hydrogen-bond acceptors (Lipinski definition) is 5. The van der Waals surface area contributed by atoms with E-state index in [1.54, 1.807) is 5.51 Å². The van der Waals surface area contributed by atoms with Gasteiger partial charge in [0.15, 0.2) is 0 Å². The molecule has 2 amide bonds. The summed E-state index contributed by atoms with van der Waals surface area (Å²) in [7, 11) is 0. The van der Waals surface area contributed by atoms with Gasteiger partial charge in [-0.3, -0.25) is 5.32 Å². The summed E-state index contributed by atoms with van der Waals surface area (Å²) in [6, 6.07) is 6.97. The van der Waals surface area contributed by atoms with Gasteiger partial charge in [-0.1, -0.05) is 32.0 Å². The molecule has 0 radical (unpaired) electrons. The first-order chi connectivity index (χ1) is 11.6. The SMILES string of the molecule is CC(C)c1ncsc1NC(=O)N[C@H]1c2ccccc2OC[C@H]1CO. The molecule has 24 heavy (non-hydrogen) atoms. The van der Waals surface area contributed by atoms with Crippen LogP contribution in [0.25, 0.3) is 0 Å². The maximum absolute atomic E-state index is 12.5. The first kappa shape index (κ1) is 16.7. The fourth-order valence-corrected chi connectivity index (χ4v) is 3.64. The van der Waals surface area contributed by atoms with E-state index < -0.39 is 0 Å². The zero-order valence-corrected chi connectivity index (χ0v) is 14.5. The zero-order valence-electron chi connectivity index (χ0n) is 13.7. The summed E-state index contributed by atoms with van der Waals surface area (Å²) in [6.45, 7) is 4.39. The Balaban J connectivity index is 1.76. The molecule has 0 saturated carbocycles. The van der Waals surface area contributed by atoms with Crippen molar-refractivity contribution in [2.24, 2.45) is 5.92 Å². The Labute approximate surface area is 144 Å². The smallest absolute Gasteiger partial charge is 0.320 e. The number of aliphatic hydroxyl groups is 1. The number of hydrogen-bond donors (Lipinski definition) is 3. The molecule has 2 heterocycles. The summed E-state index contributed by atoms with van der Waals surface area (Å²) in [5, 5.41) is 16.2. The fraction of sp³-hybridized carbons (Fsp3) is 0.412. The van der Waals surface area contributed by atoms with E-state index in [-0.39, 0.29) is 30.5 Å². The van der Waals surface area contributed by atoms with Crippen LogP contribution in [0.2, 0.25) is 0 Å². The average molecular weight is 347 g/mol. The molecule has 0 unspecified atom stereocenters. The lowest BCUT2D eigenvalue weighted by Crippen LogP contribution is -2.42. The fourth-order valence-electron chi connectivity index (χ4n) is 2.81. The number of amides is 2. The average Bonchev–Trinajstić information content (AvgIpc) is 3.03. The van der Waals surface area contributed by atoms with Crippen molar-refractivity contribution < 1.29 is 14.6 Å². The molecule has 3 rings (SSSR count). The molecular weight excluding hydrogens is 326 g/mol. The van der Waals surface area contributed by atoms with Gasteiger partial charge in [-0.25, -0.2) is 9.78 Å². The highest BCUT2D eigenvalue weighted by Gasteiger charge is 2.31. The van der Waals surface area contributed by atoms with E-state index in [4.69, 9.17) is 4.74 Å². The number of nitrogens with one attached hydrogen (secondary N) is 2. The van der Waals surface area contributed by atoms with Gasteiger partial charge >= 0.3 is 6.03 Å². The standard InChI is InChI=1S/C17H21N3O3S/c1-10(2)14-16(24-9-18-14)20-17(22)19-15-11(7-21)8-23-13-6-4-3-5-12(13)15/h3-6,9-11,15,21H,7-8H2,1-2H3,(H2,19,20,22)/t11-,15-/m1/s1. The van der Waals surface area contributed by atoms with Crippen molar-refractivity contribution in [2.75, 3.05) is 18.5 Å². The maximum atomic E-state index is 12.5. The van der Waals surface area contributed by atoms with E-state index in [0.717, 1.165) is 22.0 Å². The van der Waals surface area contributed by atoms with Gasteiger partial charge in [-0.2, -0.15) is 0 Å². The van der Waals surface area contributed by atoms with Crippen molar-refractivity contribution >= 4 is 22.4 Å². The first-order valence-electron chi connectivity index (χ1n) is 7.93. The van der Waals surface area contributed by atoms with Crippen LogP contribution in [-0.2, 0) is 0 Å². The van der Waals surface area contributed by atoms with Crippen LogP contribution in [-0.4, -0.2) is 29.3 Å². The number of thiazole rings is 1. The van der Waals surface area contributed by atoms with Crippen molar-refractivity contribution in [3.63, 3.8) is 0 Å². The van der Waals surface area contributed by atoms with Gasteiger partial charge in [-0.05, 0) is 12.0 Å². The molecule has 1 aromatic heterocycles. The third-order valence-corrected chi connectivity index (χ3v) is 4.83. The van der Waals surface area contributed by atoms with Crippen LogP contribution in [0.1, 0.15) is 37.1 Å². The van der Waals surface area contributed by atoms with Gasteiger partial charge in [0.25, 0.3) is 0 Å². The molecule has 0 spiro atoms. The minimum atomic E-state index is -0.304. The van der Waals surface area contributed by atoms with Gasteiger partial charge in [0.1, 0.15) is 10.8 Å². The quantitative estimate of drug-likeness (QED) is 0.793. The Morgan fingerprint density at radius 1 is 1.46 bits per heavy atom. The predicted molar refractivity (Wildman–Crippen MR) is 93.6 cm³/mol. The molecule has 1 aliphatic rings. The summed E-state index contributed by atoms with van der Waals surface area (Å²) < 4.78 is 5.66. The van der Waals surface area contributed by atoms with Gasteiger partial charge in [0, 0.05) is 11.5 Å². The molecule has 0 aliphatic carbocycles. The Morgan fingerprint density at radius 2 is 2.25 bits per heavy atom. The number of nitrogens with zero attached hydrogens (tertiary/aromatic N) is 1. The van der Waals surface area contributed by atoms with E-state index in [0.29, 0.717) is 6.61 Å². The monoisotopic (exact) mass is 347 g/mol. The van der Waals surface area contributed by atoms with Crippen LogP contribution in [0.15, 0.2) is 29.8 Å². The number of carbonyl (C=O) groups excluding carboxylic acids is 1. The minimum absolute atomic E-state index is 0.0584. The molecule has 2 atom stereocenters. The van der Waals surface area contributed by atoms with Gasteiger partial charge < -0.3 is 15.2 Å². The van der Waals surface area contributed by atoms with Crippen molar-refractivity contribution in [1.82, 2.24) is 10.3 Å². The highest BCUT2D eigenvalue weighted by molar-refractivity contribution is 7.14. The second-order valence-corrected chi connectivity index (χ2v) is 6.94. The second kappa shape index (κ2) is 7.19. The summed E-state index contributed by atoms with van der Waals surface area (Å²) in [5.74, 6) is 0.797. The number of aromatic nitrogens is 1. The number of anilines is 1. The topological polar surface area (TPSA) is 83.5 Å². The highest BCUT2D eigenvalue weighted by Crippen LogP contribution is 2.35. The summed E-state index contributed by atoms with van der Waals surface area (Å²) >= 11 is 1.40.